The molecule has 0 radical (unpaired) electrons. The van der Waals surface area contributed by atoms with Crippen molar-refractivity contribution >= 4 is 21.9 Å². The normalized spacial score (nSPS) is 18.1. The van der Waals surface area contributed by atoms with Gasteiger partial charge in [-0.2, -0.15) is 4.31 Å². The third kappa shape index (κ3) is 5.06. The van der Waals surface area contributed by atoms with Crippen molar-refractivity contribution in [1.82, 2.24) is 9.62 Å². The highest BCUT2D eigenvalue weighted by molar-refractivity contribution is 7.89. The minimum Gasteiger partial charge on any atom is -0.465 e. The predicted octanol–water partition coefficient (Wildman–Crippen LogP) is 0.790. The summed E-state index contributed by atoms with van der Waals surface area (Å²) in [6, 6.07) is 4.17. The van der Waals surface area contributed by atoms with Crippen LogP contribution in [-0.2, 0) is 19.6 Å². The third-order valence-electron chi connectivity index (χ3n) is 4.68. The molecule has 1 atom stereocenters. The lowest BCUT2D eigenvalue weighted by Crippen LogP contribution is -2.49. The van der Waals surface area contributed by atoms with Crippen LogP contribution in [0.15, 0.2) is 23.1 Å². The van der Waals surface area contributed by atoms with Crippen molar-refractivity contribution in [3.8, 4) is 0 Å². The van der Waals surface area contributed by atoms with E-state index in [4.69, 9.17) is 10.5 Å². The van der Waals surface area contributed by atoms with Gasteiger partial charge in [-0.3, -0.25) is 4.79 Å². The minimum atomic E-state index is -3.82. The van der Waals surface area contributed by atoms with Gasteiger partial charge in [0.05, 0.1) is 17.6 Å². The Morgan fingerprint density at radius 3 is 2.74 bits per heavy atom. The van der Waals surface area contributed by atoms with E-state index in [1.54, 1.807) is 19.1 Å². The molecule has 27 heavy (non-hydrogen) atoms. The number of ether oxygens (including phenoxy) is 1. The summed E-state index contributed by atoms with van der Waals surface area (Å²) in [4.78, 5) is 23.6. The minimum absolute atomic E-state index is 0.0885. The summed E-state index contributed by atoms with van der Waals surface area (Å²) in [5.74, 6) is -0.778. The number of piperidine rings is 1. The molecule has 0 aromatic heterocycles. The Balaban J connectivity index is 2.29. The van der Waals surface area contributed by atoms with Gasteiger partial charge in [-0.25, -0.2) is 13.2 Å². The van der Waals surface area contributed by atoms with E-state index in [1.165, 1.54) is 17.5 Å². The van der Waals surface area contributed by atoms with Crippen molar-refractivity contribution in [2.45, 2.75) is 43.5 Å². The zero-order valence-electron chi connectivity index (χ0n) is 15.7. The van der Waals surface area contributed by atoms with Crippen molar-refractivity contribution in [3.05, 3.63) is 29.3 Å². The number of aryl methyl sites for hydroxylation is 1. The Morgan fingerprint density at radius 1 is 1.33 bits per heavy atom. The number of nitrogens with two attached hydrogens (primary N) is 1. The molecule has 0 spiro atoms. The van der Waals surface area contributed by atoms with Crippen LogP contribution in [-0.4, -0.2) is 57.4 Å². The fraction of sp³-hybridized carbons (Fsp3) is 0.556. The standard InChI is InChI=1S/C18H27N3O5S/c1-13-6-7-14(18(23)26-2)11-16(13)27(24,25)21-10-4-3-5-15(21)12-20-17(22)8-9-19/h6-7,11,15H,3-5,8-10,12,19H2,1-2H3,(H,20,22). The third-order valence-corrected chi connectivity index (χ3v) is 6.77. The maximum Gasteiger partial charge on any atom is 0.337 e. The molecule has 1 unspecified atom stereocenters. The van der Waals surface area contributed by atoms with Gasteiger partial charge in [-0.05, 0) is 37.5 Å². The number of hydrogen-bond donors (Lipinski definition) is 2. The summed E-state index contributed by atoms with van der Waals surface area (Å²) < 4.78 is 32.7. The van der Waals surface area contributed by atoms with Crippen molar-refractivity contribution in [1.29, 1.82) is 0 Å². The number of sulfonamides is 1. The molecule has 1 aromatic carbocycles. The zero-order valence-corrected chi connectivity index (χ0v) is 16.5. The molecule has 1 heterocycles. The van der Waals surface area contributed by atoms with Crippen LogP contribution in [0, 0.1) is 6.92 Å². The number of amides is 1. The average molecular weight is 397 g/mol. The van der Waals surface area contributed by atoms with E-state index in [-0.39, 0.29) is 41.9 Å². The second-order valence-electron chi connectivity index (χ2n) is 6.58. The van der Waals surface area contributed by atoms with Crippen LogP contribution in [0.2, 0.25) is 0 Å². The van der Waals surface area contributed by atoms with Gasteiger partial charge in [0, 0.05) is 32.1 Å². The van der Waals surface area contributed by atoms with Crippen LogP contribution in [0.3, 0.4) is 0 Å². The molecule has 1 aliphatic heterocycles. The van der Waals surface area contributed by atoms with E-state index < -0.39 is 16.0 Å². The monoisotopic (exact) mass is 397 g/mol. The topological polar surface area (TPSA) is 119 Å². The van der Waals surface area contributed by atoms with Crippen LogP contribution in [0.1, 0.15) is 41.6 Å². The number of methoxy groups -OCH3 is 1. The fourth-order valence-electron chi connectivity index (χ4n) is 3.19. The van der Waals surface area contributed by atoms with Crippen molar-refractivity contribution < 1.29 is 22.7 Å². The van der Waals surface area contributed by atoms with E-state index >= 15 is 0 Å². The number of nitrogens with zero attached hydrogens (tertiary/aromatic N) is 1. The second kappa shape index (κ2) is 9.29. The molecule has 1 aromatic rings. The molecule has 150 valence electrons. The molecular weight excluding hydrogens is 370 g/mol. The number of benzene rings is 1. The number of nitrogens with one attached hydrogen (secondary N) is 1. The summed E-state index contributed by atoms with van der Waals surface area (Å²) in [6.45, 7) is 2.56. The maximum absolute atomic E-state index is 13.3. The lowest BCUT2D eigenvalue weighted by Gasteiger charge is -2.35. The Morgan fingerprint density at radius 2 is 2.07 bits per heavy atom. The molecule has 3 N–H and O–H groups in total. The van der Waals surface area contributed by atoms with Crippen molar-refractivity contribution in [2.24, 2.45) is 5.73 Å². The van der Waals surface area contributed by atoms with Crippen LogP contribution in [0.25, 0.3) is 0 Å². The highest BCUT2D eigenvalue weighted by Crippen LogP contribution is 2.28. The highest BCUT2D eigenvalue weighted by Gasteiger charge is 2.34. The second-order valence-corrected chi connectivity index (χ2v) is 8.44. The Labute approximate surface area is 160 Å². The quantitative estimate of drug-likeness (QED) is 0.657. The molecule has 9 heteroatoms. The van der Waals surface area contributed by atoms with Gasteiger partial charge in [0.15, 0.2) is 0 Å². The molecule has 0 bridgehead atoms. The number of carbonyl (C=O) groups excluding carboxylic acids is 2. The van der Waals surface area contributed by atoms with E-state index in [9.17, 15) is 18.0 Å². The predicted molar refractivity (Wildman–Crippen MR) is 101 cm³/mol. The highest BCUT2D eigenvalue weighted by atomic mass is 32.2. The lowest BCUT2D eigenvalue weighted by molar-refractivity contribution is -0.121. The number of esters is 1. The van der Waals surface area contributed by atoms with Crippen LogP contribution in [0.4, 0.5) is 0 Å². The van der Waals surface area contributed by atoms with Crippen molar-refractivity contribution in [3.63, 3.8) is 0 Å². The van der Waals surface area contributed by atoms with Gasteiger partial charge in [0.25, 0.3) is 0 Å². The van der Waals surface area contributed by atoms with E-state index in [2.05, 4.69) is 5.32 Å². The summed E-state index contributed by atoms with van der Waals surface area (Å²) in [6.07, 6.45) is 2.52. The largest absolute Gasteiger partial charge is 0.465 e. The van der Waals surface area contributed by atoms with Crippen LogP contribution in [0.5, 0.6) is 0 Å². The average Bonchev–Trinajstić information content (AvgIpc) is 2.66. The smallest absolute Gasteiger partial charge is 0.337 e. The Bertz CT molecular complexity index is 794. The molecule has 8 nitrogen and oxygen atoms in total. The SMILES string of the molecule is COC(=O)c1ccc(C)c(S(=O)(=O)N2CCCCC2CNC(=O)CCN)c1. The summed E-state index contributed by atoms with van der Waals surface area (Å²) in [5, 5.41) is 2.76. The first-order chi connectivity index (χ1) is 12.8. The van der Waals surface area contributed by atoms with E-state index in [0.717, 1.165) is 12.8 Å². The molecule has 1 amide bonds. The Kier molecular flexibility index (Phi) is 7.34. The first-order valence-corrected chi connectivity index (χ1v) is 10.4. The van der Waals surface area contributed by atoms with Crippen LogP contribution < -0.4 is 11.1 Å². The lowest BCUT2D eigenvalue weighted by atomic mass is 10.1. The first-order valence-electron chi connectivity index (χ1n) is 8.98. The van der Waals surface area contributed by atoms with Crippen LogP contribution >= 0.6 is 0 Å². The molecule has 2 rings (SSSR count). The number of hydrogen-bond acceptors (Lipinski definition) is 6. The molecule has 1 aliphatic rings. The molecule has 0 aliphatic carbocycles. The van der Waals surface area contributed by atoms with Gasteiger partial charge in [0.1, 0.15) is 0 Å². The van der Waals surface area contributed by atoms with Gasteiger partial charge in [-0.15, -0.1) is 0 Å². The molecule has 1 fully saturated rings. The Hall–Kier alpha value is -1.97. The molecule has 0 saturated carbocycles. The summed E-state index contributed by atoms with van der Waals surface area (Å²) >= 11 is 0. The number of rotatable bonds is 7. The first kappa shape index (κ1) is 21.3. The van der Waals surface area contributed by atoms with Gasteiger partial charge in [0.2, 0.25) is 15.9 Å². The maximum atomic E-state index is 13.3. The zero-order chi connectivity index (χ0) is 20.0. The van der Waals surface area contributed by atoms with Gasteiger partial charge in [-0.1, -0.05) is 12.5 Å². The van der Waals surface area contributed by atoms with Crippen molar-refractivity contribution in [2.75, 3.05) is 26.7 Å². The van der Waals surface area contributed by atoms with Gasteiger partial charge < -0.3 is 15.8 Å². The molecular formula is C18H27N3O5S. The fourth-order valence-corrected chi connectivity index (χ4v) is 5.14. The number of carbonyl (C=O) groups is 2. The van der Waals surface area contributed by atoms with E-state index in [1.807, 2.05) is 0 Å². The van der Waals surface area contributed by atoms with E-state index in [0.29, 0.717) is 18.5 Å². The molecule has 1 saturated heterocycles. The van der Waals surface area contributed by atoms with Gasteiger partial charge >= 0.3 is 5.97 Å². The summed E-state index contributed by atoms with van der Waals surface area (Å²) in [7, 11) is -2.57. The summed E-state index contributed by atoms with van der Waals surface area (Å²) in [5.41, 5.74) is 6.11.